The first-order valence-electron chi connectivity index (χ1n) is 5.37. The summed E-state index contributed by atoms with van der Waals surface area (Å²) in [5.74, 6) is -0.121. The van der Waals surface area contributed by atoms with Gasteiger partial charge in [0.15, 0.2) is 0 Å². The van der Waals surface area contributed by atoms with Gasteiger partial charge in [0.25, 0.3) is 0 Å². The Hall–Kier alpha value is -2.04. The average Bonchev–Trinajstić information content (AvgIpc) is 2.33. The van der Waals surface area contributed by atoms with Gasteiger partial charge >= 0.3 is 6.09 Å². The minimum atomic E-state index is -0.487. The van der Waals surface area contributed by atoms with Gasteiger partial charge in [-0.25, -0.2) is 4.79 Å². The predicted octanol–water partition coefficient (Wildman–Crippen LogP) is 1.05. The summed E-state index contributed by atoms with van der Waals surface area (Å²) in [5, 5.41) is 5.10. The lowest BCUT2D eigenvalue weighted by molar-refractivity contribution is -0.118. The van der Waals surface area contributed by atoms with E-state index in [1.54, 1.807) is 0 Å². The van der Waals surface area contributed by atoms with E-state index in [1.807, 2.05) is 30.3 Å². The molecule has 17 heavy (non-hydrogen) atoms. The van der Waals surface area contributed by atoms with Crippen LogP contribution in [0.15, 0.2) is 30.3 Å². The predicted molar refractivity (Wildman–Crippen MR) is 63.3 cm³/mol. The summed E-state index contributed by atoms with van der Waals surface area (Å²) in [4.78, 5) is 21.8. The first-order valence-corrected chi connectivity index (χ1v) is 5.37. The molecular formula is C12H16N2O3. The molecule has 0 unspecified atom stereocenters. The van der Waals surface area contributed by atoms with E-state index in [1.165, 1.54) is 6.92 Å². The van der Waals surface area contributed by atoms with Gasteiger partial charge < -0.3 is 15.4 Å². The molecule has 0 atom stereocenters. The fourth-order valence-electron chi connectivity index (χ4n) is 1.18. The Labute approximate surface area is 100 Å². The molecule has 0 spiro atoms. The monoisotopic (exact) mass is 236 g/mol. The quantitative estimate of drug-likeness (QED) is 0.751. The van der Waals surface area contributed by atoms with E-state index < -0.39 is 6.09 Å². The third-order valence-corrected chi connectivity index (χ3v) is 1.98. The van der Waals surface area contributed by atoms with Gasteiger partial charge in [0.05, 0.1) is 0 Å². The maximum Gasteiger partial charge on any atom is 0.407 e. The molecule has 2 amide bonds. The van der Waals surface area contributed by atoms with Crippen LogP contribution in [0.5, 0.6) is 0 Å². The molecule has 1 aromatic carbocycles. The van der Waals surface area contributed by atoms with E-state index in [0.717, 1.165) is 5.56 Å². The van der Waals surface area contributed by atoms with Gasteiger partial charge in [-0.2, -0.15) is 0 Å². The maximum absolute atomic E-state index is 11.2. The number of carbonyl (C=O) groups is 2. The second-order valence-corrected chi connectivity index (χ2v) is 3.47. The molecule has 0 aliphatic rings. The summed E-state index contributed by atoms with van der Waals surface area (Å²) in [6.07, 6.45) is -0.487. The number of nitrogens with one attached hydrogen (secondary N) is 2. The Balaban J connectivity index is 2.11. The van der Waals surface area contributed by atoms with Crippen molar-refractivity contribution in [3.8, 4) is 0 Å². The highest BCUT2D eigenvalue weighted by Gasteiger charge is 2.01. The van der Waals surface area contributed by atoms with Crippen molar-refractivity contribution in [1.82, 2.24) is 10.6 Å². The topological polar surface area (TPSA) is 67.4 Å². The molecule has 0 aliphatic heterocycles. The Morgan fingerprint density at radius 2 is 1.76 bits per heavy atom. The van der Waals surface area contributed by atoms with Crippen molar-refractivity contribution in [1.29, 1.82) is 0 Å². The Kier molecular flexibility index (Phi) is 5.57. The number of ether oxygens (including phenoxy) is 1. The second kappa shape index (κ2) is 7.27. The van der Waals surface area contributed by atoms with Crippen molar-refractivity contribution >= 4 is 12.0 Å². The minimum Gasteiger partial charge on any atom is -0.445 e. The molecule has 0 heterocycles. The summed E-state index contributed by atoms with van der Waals surface area (Å²) < 4.78 is 4.97. The molecular weight excluding hydrogens is 220 g/mol. The van der Waals surface area contributed by atoms with Crippen molar-refractivity contribution < 1.29 is 14.3 Å². The number of alkyl carbamates (subject to hydrolysis) is 1. The molecule has 0 aliphatic carbocycles. The zero-order chi connectivity index (χ0) is 12.5. The van der Waals surface area contributed by atoms with Gasteiger partial charge in [0.1, 0.15) is 6.61 Å². The van der Waals surface area contributed by atoms with Gasteiger partial charge in [-0.15, -0.1) is 0 Å². The number of carbonyl (C=O) groups excluding carboxylic acids is 2. The lowest BCUT2D eigenvalue weighted by Crippen LogP contribution is -2.33. The van der Waals surface area contributed by atoms with Crippen LogP contribution in [0.4, 0.5) is 4.79 Å². The molecule has 0 bridgehead atoms. The van der Waals surface area contributed by atoms with Crippen LogP contribution in [0.3, 0.4) is 0 Å². The fourth-order valence-corrected chi connectivity index (χ4v) is 1.18. The number of hydrogen-bond acceptors (Lipinski definition) is 3. The highest BCUT2D eigenvalue weighted by Crippen LogP contribution is 2.00. The summed E-state index contributed by atoms with van der Waals surface area (Å²) in [6, 6.07) is 9.42. The van der Waals surface area contributed by atoms with Crippen LogP contribution in [0.1, 0.15) is 12.5 Å². The van der Waals surface area contributed by atoms with Gasteiger partial charge in [0, 0.05) is 20.0 Å². The lowest BCUT2D eigenvalue weighted by Gasteiger charge is -2.07. The number of hydrogen-bond donors (Lipinski definition) is 2. The molecule has 0 aromatic heterocycles. The Morgan fingerprint density at radius 3 is 2.41 bits per heavy atom. The molecule has 92 valence electrons. The SMILES string of the molecule is CC(=O)NCCNC(=O)OCc1ccccc1. The molecule has 0 saturated carbocycles. The summed E-state index contributed by atoms with van der Waals surface area (Å²) >= 11 is 0. The van der Waals surface area contributed by atoms with E-state index >= 15 is 0 Å². The number of rotatable bonds is 5. The molecule has 0 fully saturated rings. The number of amides is 2. The van der Waals surface area contributed by atoms with E-state index in [0.29, 0.717) is 13.1 Å². The fraction of sp³-hybridized carbons (Fsp3) is 0.333. The third-order valence-electron chi connectivity index (χ3n) is 1.98. The summed E-state index contributed by atoms with van der Waals surface area (Å²) in [7, 11) is 0. The van der Waals surface area contributed by atoms with Gasteiger partial charge in [-0.3, -0.25) is 4.79 Å². The van der Waals surface area contributed by atoms with Crippen molar-refractivity contribution in [2.45, 2.75) is 13.5 Å². The maximum atomic E-state index is 11.2. The zero-order valence-electron chi connectivity index (χ0n) is 9.73. The average molecular weight is 236 g/mol. The summed E-state index contributed by atoms with van der Waals surface area (Å²) in [6.45, 7) is 2.42. The highest BCUT2D eigenvalue weighted by atomic mass is 16.5. The molecule has 5 heteroatoms. The van der Waals surface area contributed by atoms with E-state index in [4.69, 9.17) is 4.74 Å². The molecule has 1 aromatic rings. The summed E-state index contributed by atoms with van der Waals surface area (Å²) in [5.41, 5.74) is 0.935. The molecule has 2 N–H and O–H groups in total. The highest BCUT2D eigenvalue weighted by molar-refractivity contribution is 5.73. The smallest absolute Gasteiger partial charge is 0.407 e. The Bertz CT molecular complexity index is 365. The third kappa shape index (κ3) is 6.19. The van der Waals surface area contributed by atoms with Crippen LogP contribution in [0.2, 0.25) is 0 Å². The first kappa shape index (κ1) is 13.0. The molecule has 0 saturated heterocycles. The molecule has 1 rings (SSSR count). The molecule has 5 nitrogen and oxygen atoms in total. The van der Waals surface area contributed by atoms with E-state index in [2.05, 4.69) is 10.6 Å². The van der Waals surface area contributed by atoms with Crippen LogP contribution in [0.25, 0.3) is 0 Å². The van der Waals surface area contributed by atoms with Crippen LogP contribution >= 0.6 is 0 Å². The van der Waals surface area contributed by atoms with Crippen molar-refractivity contribution in [3.63, 3.8) is 0 Å². The van der Waals surface area contributed by atoms with Gasteiger partial charge in [-0.05, 0) is 5.56 Å². The van der Waals surface area contributed by atoms with E-state index in [9.17, 15) is 9.59 Å². The van der Waals surface area contributed by atoms with E-state index in [-0.39, 0.29) is 12.5 Å². The van der Waals surface area contributed by atoms with Gasteiger partial charge in [0.2, 0.25) is 5.91 Å². The van der Waals surface area contributed by atoms with Crippen LogP contribution in [-0.4, -0.2) is 25.1 Å². The van der Waals surface area contributed by atoms with Crippen LogP contribution < -0.4 is 10.6 Å². The molecule has 0 radical (unpaired) electrons. The lowest BCUT2D eigenvalue weighted by atomic mass is 10.2. The standard InChI is InChI=1S/C12H16N2O3/c1-10(15)13-7-8-14-12(16)17-9-11-5-3-2-4-6-11/h2-6H,7-9H2,1H3,(H,13,15)(H,14,16). The largest absolute Gasteiger partial charge is 0.445 e. The van der Waals surface area contributed by atoms with Crippen molar-refractivity contribution in [2.24, 2.45) is 0 Å². The number of benzene rings is 1. The second-order valence-electron chi connectivity index (χ2n) is 3.47. The van der Waals surface area contributed by atoms with Gasteiger partial charge in [-0.1, -0.05) is 30.3 Å². The minimum absolute atomic E-state index is 0.121. The normalized spacial score (nSPS) is 9.47. The van der Waals surface area contributed by atoms with Crippen molar-refractivity contribution in [3.05, 3.63) is 35.9 Å². The van der Waals surface area contributed by atoms with Crippen LogP contribution in [0, 0.1) is 0 Å². The van der Waals surface area contributed by atoms with Crippen molar-refractivity contribution in [2.75, 3.05) is 13.1 Å². The Morgan fingerprint density at radius 1 is 1.12 bits per heavy atom. The zero-order valence-corrected chi connectivity index (χ0v) is 9.73. The van der Waals surface area contributed by atoms with Crippen LogP contribution in [-0.2, 0) is 16.1 Å². The first-order chi connectivity index (χ1) is 8.18.